The van der Waals surface area contributed by atoms with Crippen molar-refractivity contribution in [3.8, 4) is 11.8 Å². The van der Waals surface area contributed by atoms with Crippen LogP contribution in [0.2, 0.25) is 0 Å². The van der Waals surface area contributed by atoms with E-state index in [0.29, 0.717) is 18.0 Å². The minimum absolute atomic E-state index is 0.0201. The van der Waals surface area contributed by atoms with Crippen LogP contribution >= 0.6 is 11.8 Å². The molecule has 1 aliphatic heterocycles. The molecule has 1 atom stereocenters. The Hall–Kier alpha value is -1.44. The van der Waals surface area contributed by atoms with Crippen LogP contribution in [0, 0.1) is 17.8 Å². The van der Waals surface area contributed by atoms with E-state index in [-0.39, 0.29) is 5.91 Å². The van der Waals surface area contributed by atoms with E-state index in [1.54, 1.807) is 6.07 Å². The number of hydrogen-bond donors (Lipinski definition) is 2. The van der Waals surface area contributed by atoms with Gasteiger partial charge in [0.1, 0.15) is 0 Å². The molecule has 1 fully saturated rings. The van der Waals surface area contributed by atoms with Gasteiger partial charge in [0.25, 0.3) is 5.91 Å². The summed E-state index contributed by atoms with van der Waals surface area (Å²) in [7, 11) is 0. The highest BCUT2D eigenvalue weighted by Crippen LogP contribution is 2.22. The Labute approximate surface area is 118 Å². The highest BCUT2D eigenvalue weighted by atomic mass is 32.2. The normalized spacial score (nSPS) is 17.6. The molecule has 0 radical (unpaired) electrons. The number of nitrogens with one attached hydrogen (secondary N) is 1. The summed E-state index contributed by atoms with van der Waals surface area (Å²) < 4.78 is 0. The van der Waals surface area contributed by atoms with Crippen molar-refractivity contribution in [2.24, 2.45) is 11.7 Å². The fourth-order valence-electron chi connectivity index (χ4n) is 1.97. The molecule has 0 aliphatic carbocycles. The summed E-state index contributed by atoms with van der Waals surface area (Å²) in [4.78, 5) is 12.0. The fourth-order valence-corrected chi connectivity index (χ4v) is 3.26. The van der Waals surface area contributed by atoms with Crippen LogP contribution in [-0.2, 0) is 0 Å². The number of thioether (sulfide) groups is 1. The monoisotopic (exact) mass is 274 g/mol. The molecule has 1 heterocycles. The lowest BCUT2D eigenvalue weighted by molar-refractivity contribution is 0.0948. The minimum Gasteiger partial charge on any atom is -0.352 e. The number of carbonyl (C=O) groups is 1. The van der Waals surface area contributed by atoms with Gasteiger partial charge in [-0.25, -0.2) is 0 Å². The fraction of sp³-hybridized carbons (Fsp3) is 0.400. The molecule has 0 saturated carbocycles. The molecule has 1 aromatic rings. The Kier molecular flexibility index (Phi) is 5.31. The van der Waals surface area contributed by atoms with Crippen LogP contribution < -0.4 is 11.1 Å². The lowest BCUT2D eigenvalue weighted by atomic mass is 10.1. The Balaban J connectivity index is 1.94. The smallest absolute Gasteiger partial charge is 0.251 e. The van der Waals surface area contributed by atoms with Gasteiger partial charge in [-0.1, -0.05) is 17.9 Å². The average Bonchev–Trinajstić information content (AvgIpc) is 2.96. The standard InChI is InChI=1S/C15H18N2OS/c16-7-2-4-12-3-1-5-14(9-12)15(18)17-10-13-6-8-19-11-13/h1,3,5,9,13H,6-8,10-11,16H2,(H,17,18). The molecule has 0 spiro atoms. The summed E-state index contributed by atoms with van der Waals surface area (Å²) in [5.74, 6) is 8.70. The van der Waals surface area contributed by atoms with Gasteiger partial charge in [0, 0.05) is 17.7 Å². The predicted octanol–water partition coefficient (Wildman–Crippen LogP) is 1.48. The van der Waals surface area contributed by atoms with Gasteiger partial charge in [-0.2, -0.15) is 11.8 Å². The average molecular weight is 274 g/mol. The summed E-state index contributed by atoms with van der Waals surface area (Å²) in [6, 6.07) is 7.35. The van der Waals surface area contributed by atoms with Gasteiger partial charge in [0.05, 0.1) is 6.54 Å². The van der Waals surface area contributed by atoms with Crippen LogP contribution in [0.25, 0.3) is 0 Å². The van der Waals surface area contributed by atoms with Crippen molar-refractivity contribution >= 4 is 17.7 Å². The number of rotatable bonds is 3. The quantitative estimate of drug-likeness (QED) is 0.821. The highest BCUT2D eigenvalue weighted by Gasteiger charge is 2.16. The molecule has 0 bridgehead atoms. The van der Waals surface area contributed by atoms with Crippen molar-refractivity contribution in [1.29, 1.82) is 0 Å². The summed E-state index contributed by atoms with van der Waals surface area (Å²) in [5, 5.41) is 3.00. The Morgan fingerprint density at radius 2 is 2.42 bits per heavy atom. The number of hydrogen-bond acceptors (Lipinski definition) is 3. The molecule has 1 aromatic carbocycles. The van der Waals surface area contributed by atoms with Crippen LogP contribution in [0.3, 0.4) is 0 Å². The van der Waals surface area contributed by atoms with Crippen molar-refractivity contribution in [2.45, 2.75) is 6.42 Å². The maximum atomic E-state index is 12.0. The molecule has 1 amide bonds. The van der Waals surface area contributed by atoms with E-state index in [1.807, 2.05) is 30.0 Å². The van der Waals surface area contributed by atoms with Crippen LogP contribution in [0.15, 0.2) is 24.3 Å². The van der Waals surface area contributed by atoms with E-state index in [4.69, 9.17) is 5.73 Å². The van der Waals surface area contributed by atoms with E-state index in [1.165, 1.54) is 12.2 Å². The summed E-state index contributed by atoms with van der Waals surface area (Å²) >= 11 is 1.96. The van der Waals surface area contributed by atoms with Crippen LogP contribution in [0.5, 0.6) is 0 Å². The molecule has 100 valence electrons. The second-order valence-corrected chi connectivity index (χ2v) is 5.68. The van der Waals surface area contributed by atoms with Gasteiger partial charge in [0.15, 0.2) is 0 Å². The molecular formula is C15H18N2OS. The molecule has 2 rings (SSSR count). The first kappa shape index (κ1) is 14.0. The largest absolute Gasteiger partial charge is 0.352 e. The zero-order chi connectivity index (χ0) is 13.5. The van der Waals surface area contributed by atoms with Crippen LogP contribution in [-0.4, -0.2) is 30.5 Å². The summed E-state index contributed by atoms with van der Waals surface area (Å²) in [6.07, 6.45) is 1.20. The predicted molar refractivity (Wildman–Crippen MR) is 80.1 cm³/mol. The third kappa shape index (κ3) is 4.30. The van der Waals surface area contributed by atoms with E-state index < -0.39 is 0 Å². The molecule has 1 saturated heterocycles. The molecule has 3 nitrogen and oxygen atoms in total. The van der Waals surface area contributed by atoms with E-state index in [9.17, 15) is 4.79 Å². The Morgan fingerprint density at radius 3 is 3.16 bits per heavy atom. The Morgan fingerprint density at radius 1 is 1.53 bits per heavy atom. The van der Waals surface area contributed by atoms with Gasteiger partial charge in [-0.15, -0.1) is 0 Å². The molecular weight excluding hydrogens is 256 g/mol. The van der Waals surface area contributed by atoms with E-state index in [0.717, 1.165) is 17.9 Å². The third-order valence-electron chi connectivity index (χ3n) is 3.03. The van der Waals surface area contributed by atoms with Crippen molar-refractivity contribution < 1.29 is 4.79 Å². The summed E-state index contributed by atoms with van der Waals surface area (Å²) in [5.41, 5.74) is 6.83. The molecule has 1 aliphatic rings. The van der Waals surface area contributed by atoms with Gasteiger partial charge >= 0.3 is 0 Å². The Bertz CT molecular complexity index is 498. The maximum Gasteiger partial charge on any atom is 0.251 e. The first-order valence-electron chi connectivity index (χ1n) is 6.44. The molecule has 3 N–H and O–H groups in total. The topological polar surface area (TPSA) is 55.1 Å². The van der Waals surface area contributed by atoms with Crippen molar-refractivity contribution in [3.05, 3.63) is 35.4 Å². The number of nitrogens with two attached hydrogens (primary N) is 1. The second kappa shape index (κ2) is 7.22. The maximum absolute atomic E-state index is 12.0. The zero-order valence-corrected chi connectivity index (χ0v) is 11.6. The molecule has 4 heteroatoms. The molecule has 0 aromatic heterocycles. The van der Waals surface area contributed by atoms with Gasteiger partial charge < -0.3 is 11.1 Å². The van der Waals surface area contributed by atoms with Gasteiger partial charge in [-0.3, -0.25) is 4.79 Å². The lowest BCUT2D eigenvalue weighted by Gasteiger charge is -2.10. The second-order valence-electron chi connectivity index (χ2n) is 4.53. The van der Waals surface area contributed by atoms with Gasteiger partial charge in [0.2, 0.25) is 0 Å². The highest BCUT2D eigenvalue weighted by molar-refractivity contribution is 7.99. The zero-order valence-electron chi connectivity index (χ0n) is 10.8. The van der Waals surface area contributed by atoms with E-state index >= 15 is 0 Å². The van der Waals surface area contributed by atoms with Crippen molar-refractivity contribution in [1.82, 2.24) is 5.32 Å². The van der Waals surface area contributed by atoms with Gasteiger partial charge in [-0.05, 0) is 42.0 Å². The van der Waals surface area contributed by atoms with Crippen molar-refractivity contribution in [3.63, 3.8) is 0 Å². The number of carbonyl (C=O) groups excluding carboxylic acids is 1. The summed E-state index contributed by atoms with van der Waals surface area (Å²) in [6.45, 7) is 1.10. The minimum atomic E-state index is -0.0201. The number of benzene rings is 1. The molecule has 1 unspecified atom stereocenters. The lowest BCUT2D eigenvalue weighted by Crippen LogP contribution is -2.29. The first-order valence-corrected chi connectivity index (χ1v) is 7.60. The van der Waals surface area contributed by atoms with E-state index in [2.05, 4.69) is 17.2 Å². The van der Waals surface area contributed by atoms with Crippen LogP contribution in [0.1, 0.15) is 22.3 Å². The first-order chi connectivity index (χ1) is 9.29. The SMILES string of the molecule is NCC#Cc1cccc(C(=O)NCC2CCSC2)c1. The van der Waals surface area contributed by atoms with Crippen molar-refractivity contribution in [2.75, 3.05) is 24.6 Å². The third-order valence-corrected chi connectivity index (χ3v) is 4.27. The van der Waals surface area contributed by atoms with Crippen LogP contribution in [0.4, 0.5) is 0 Å². The number of amides is 1. The molecule has 19 heavy (non-hydrogen) atoms.